The Bertz CT molecular complexity index is 358. The van der Waals surface area contributed by atoms with Crippen LogP contribution in [-0.2, 0) is 6.54 Å². The first-order valence-electron chi connectivity index (χ1n) is 7.63. The summed E-state index contributed by atoms with van der Waals surface area (Å²) in [6, 6.07) is 0.401. The molecule has 110 valence electrons. The third-order valence-corrected chi connectivity index (χ3v) is 4.31. The monoisotopic (exact) mass is 329 g/mol. The van der Waals surface area contributed by atoms with Gasteiger partial charge in [-0.2, -0.15) is 5.10 Å². The fourth-order valence-corrected chi connectivity index (χ4v) is 3.16. The van der Waals surface area contributed by atoms with Gasteiger partial charge >= 0.3 is 0 Å². The highest BCUT2D eigenvalue weighted by atomic mass is 79.9. The maximum Gasteiger partial charge on any atom is 0.0698 e. The lowest BCUT2D eigenvalue weighted by Gasteiger charge is -2.28. The Morgan fingerprint density at radius 2 is 1.89 bits per heavy atom. The molecule has 0 spiro atoms. The molecule has 0 aliphatic rings. The van der Waals surface area contributed by atoms with Crippen molar-refractivity contribution in [1.82, 2.24) is 15.1 Å². The van der Waals surface area contributed by atoms with Crippen LogP contribution >= 0.6 is 15.9 Å². The molecule has 1 N–H and O–H groups in total. The van der Waals surface area contributed by atoms with Gasteiger partial charge in [-0.1, -0.05) is 40.5 Å². The third kappa shape index (κ3) is 4.32. The van der Waals surface area contributed by atoms with E-state index < -0.39 is 0 Å². The van der Waals surface area contributed by atoms with Crippen molar-refractivity contribution in [1.29, 1.82) is 0 Å². The lowest BCUT2D eigenvalue weighted by Crippen LogP contribution is -2.31. The molecule has 0 aromatic carbocycles. The largest absolute Gasteiger partial charge is 0.308 e. The number of rotatable bonds is 9. The standard InChI is InChI=1S/C15H28BrN3/c1-5-9-17-14(12(7-3)8-4)15-13(16)11-18-19(15)10-6-2/h11-12,14,17H,5-10H2,1-4H3. The molecule has 1 rings (SSSR count). The van der Waals surface area contributed by atoms with E-state index in [4.69, 9.17) is 0 Å². The van der Waals surface area contributed by atoms with Crippen LogP contribution in [0, 0.1) is 5.92 Å². The first kappa shape index (κ1) is 16.7. The molecule has 1 atom stereocenters. The number of aryl methyl sites for hydroxylation is 1. The highest BCUT2D eigenvalue weighted by molar-refractivity contribution is 9.10. The van der Waals surface area contributed by atoms with Crippen molar-refractivity contribution in [2.24, 2.45) is 5.92 Å². The molecule has 1 unspecified atom stereocenters. The second-order valence-electron chi connectivity index (χ2n) is 5.11. The van der Waals surface area contributed by atoms with E-state index >= 15 is 0 Å². The molecule has 1 aromatic heterocycles. The van der Waals surface area contributed by atoms with Crippen LogP contribution in [0.4, 0.5) is 0 Å². The van der Waals surface area contributed by atoms with Crippen molar-refractivity contribution < 1.29 is 0 Å². The van der Waals surface area contributed by atoms with Gasteiger partial charge in [0.25, 0.3) is 0 Å². The van der Waals surface area contributed by atoms with Gasteiger partial charge in [0.1, 0.15) is 0 Å². The van der Waals surface area contributed by atoms with E-state index in [1.54, 1.807) is 0 Å². The van der Waals surface area contributed by atoms with Crippen LogP contribution in [-0.4, -0.2) is 16.3 Å². The van der Waals surface area contributed by atoms with Crippen molar-refractivity contribution in [2.75, 3.05) is 6.54 Å². The molecule has 0 radical (unpaired) electrons. The number of hydrogen-bond donors (Lipinski definition) is 1. The van der Waals surface area contributed by atoms with Gasteiger partial charge in [0.15, 0.2) is 0 Å². The molecule has 0 amide bonds. The Morgan fingerprint density at radius 1 is 1.21 bits per heavy atom. The van der Waals surface area contributed by atoms with Crippen LogP contribution in [0.2, 0.25) is 0 Å². The van der Waals surface area contributed by atoms with Crippen molar-refractivity contribution in [2.45, 2.75) is 66.0 Å². The molecule has 0 bridgehead atoms. The van der Waals surface area contributed by atoms with Gasteiger partial charge in [0.2, 0.25) is 0 Å². The van der Waals surface area contributed by atoms with E-state index in [9.17, 15) is 0 Å². The van der Waals surface area contributed by atoms with E-state index in [0.717, 1.165) is 30.4 Å². The van der Waals surface area contributed by atoms with Crippen molar-refractivity contribution in [3.8, 4) is 0 Å². The van der Waals surface area contributed by atoms with Gasteiger partial charge in [0.05, 0.1) is 22.4 Å². The first-order chi connectivity index (χ1) is 9.19. The fourth-order valence-electron chi connectivity index (χ4n) is 2.62. The Morgan fingerprint density at radius 3 is 2.42 bits per heavy atom. The van der Waals surface area contributed by atoms with Gasteiger partial charge in [-0.05, 0) is 41.2 Å². The minimum absolute atomic E-state index is 0.401. The van der Waals surface area contributed by atoms with Crippen LogP contribution in [0.3, 0.4) is 0 Å². The predicted molar refractivity (Wildman–Crippen MR) is 85.3 cm³/mol. The van der Waals surface area contributed by atoms with E-state index in [-0.39, 0.29) is 0 Å². The minimum Gasteiger partial charge on any atom is -0.308 e. The topological polar surface area (TPSA) is 29.9 Å². The van der Waals surface area contributed by atoms with E-state index in [1.807, 2.05) is 6.20 Å². The van der Waals surface area contributed by atoms with Crippen LogP contribution in [0.15, 0.2) is 10.7 Å². The molecular weight excluding hydrogens is 302 g/mol. The zero-order valence-corrected chi connectivity index (χ0v) is 14.3. The number of hydrogen-bond acceptors (Lipinski definition) is 2. The molecule has 0 aliphatic heterocycles. The van der Waals surface area contributed by atoms with Gasteiger partial charge in [-0.3, -0.25) is 4.68 Å². The Balaban J connectivity index is 3.04. The molecule has 1 aromatic rings. The summed E-state index contributed by atoms with van der Waals surface area (Å²) in [5.74, 6) is 0.662. The summed E-state index contributed by atoms with van der Waals surface area (Å²) in [4.78, 5) is 0. The zero-order chi connectivity index (χ0) is 14.3. The molecule has 1 heterocycles. The van der Waals surface area contributed by atoms with Crippen LogP contribution in [0.5, 0.6) is 0 Å². The average Bonchev–Trinajstić information content (AvgIpc) is 2.76. The maximum atomic E-state index is 4.52. The van der Waals surface area contributed by atoms with E-state index in [1.165, 1.54) is 18.5 Å². The van der Waals surface area contributed by atoms with Gasteiger partial charge in [-0.25, -0.2) is 0 Å². The molecular formula is C15H28BrN3. The van der Waals surface area contributed by atoms with E-state index in [0.29, 0.717) is 12.0 Å². The maximum absolute atomic E-state index is 4.52. The lowest BCUT2D eigenvalue weighted by atomic mass is 9.91. The minimum atomic E-state index is 0.401. The van der Waals surface area contributed by atoms with Crippen molar-refractivity contribution in [3.63, 3.8) is 0 Å². The summed E-state index contributed by atoms with van der Waals surface area (Å²) in [5.41, 5.74) is 1.32. The second kappa shape index (κ2) is 8.75. The van der Waals surface area contributed by atoms with E-state index in [2.05, 4.69) is 58.7 Å². The molecule has 0 saturated heterocycles. The summed E-state index contributed by atoms with van der Waals surface area (Å²) in [6.45, 7) is 11.0. The van der Waals surface area contributed by atoms with Crippen molar-refractivity contribution >= 4 is 15.9 Å². The summed E-state index contributed by atoms with van der Waals surface area (Å²) < 4.78 is 3.30. The predicted octanol–water partition coefficient (Wildman–Crippen LogP) is 4.53. The SMILES string of the molecule is CCCNC(c1c(Br)cnn1CCC)C(CC)CC. The Kier molecular flexibility index (Phi) is 7.69. The fraction of sp³-hybridized carbons (Fsp3) is 0.800. The number of halogens is 1. The summed E-state index contributed by atoms with van der Waals surface area (Å²) in [7, 11) is 0. The number of nitrogens with zero attached hydrogens (tertiary/aromatic N) is 2. The van der Waals surface area contributed by atoms with Crippen LogP contribution in [0.1, 0.15) is 65.1 Å². The van der Waals surface area contributed by atoms with Crippen LogP contribution in [0.25, 0.3) is 0 Å². The molecule has 19 heavy (non-hydrogen) atoms. The highest BCUT2D eigenvalue weighted by Gasteiger charge is 2.25. The smallest absolute Gasteiger partial charge is 0.0698 e. The van der Waals surface area contributed by atoms with Crippen molar-refractivity contribution in [3.05, 3.63) is 16.4 Å². The number of aromatic nitrogens is 2. The summed E-state index contributed by atoms with van der Waals surface area (Å²) in [6.07, 6.45) is 6.61. The first-order valence-corrected chi connectivity index (χ1v) is 8.43. The average molecular weight is 330 g/mol. The Hall–Kier alpha value is -0.350. The van der Waals surface area contributed by atoms with Gasteiger partial charge in [-0.15, -0.1) is 0 Å². The molecule has 0 aliphatic carbocycles. The molecule has 0 saturated carbocycles. The number of nitrogens with one attached hydrogen (secondary N) is 1. The van der Waals surface area contributed by atoms with Crippen LogP contribution < -0.4 is 5.32 Å². The summed E-state index contributed by atoms with van der Waals surface area (Å²) in [5, 5.41) is 8.24. The zero-order valence-electron chi connectivity index (χ0n) is 12.7. The summed E-state index contributed by atoms with van der Waals surface area (Å²) >= 11 is 3.68. The Labute approximate surface area is 126 Å². The quantitative estimate of drug-likeness (QED) is 0.721. The molecule has 4 heteroatoms. The lowest BCUT2D eigenvalue weighted by molar-refractivity contribution is 0.321. The van der Waals surface area contributed by atoms with Gasteiger partial charge in [0, 0.05) is 6.54 Å². The highest BCUT2D eigenvalue weighted by Crippen LogP contribution is 2.32. The third-order valence-electron chi connectivity index (χ3n) is 3.70. The van der Waals surface area contributed by atoms with Gasteiger partial charge < -0.3 is 5.32 Å². The molecule has 3 nitrogen and oxygen atoms in total. The second-order valence-corrected chi connectivity index (χ2v) is 5.96. The normalized spacial score (nSPS) is 13.2. The molecule has 0 fully saturated rings.